The zero-order valence-electron chi connectivity index (χ0n) is 10.6. The van der Waals surface area contributed by atoms with Crippen molar-refractivity contribution in [3.8, 4) is 11.5 Å². The molecule has 0 fully saturated rings. The molecule has 0 radical (unpaired) electrons. The van der Waals surface area contributed by atoms with Gasteiger partial charge in [-0.2, -0.15) is 0 Å². The minimum atomic E-state index is -0.571. The van der Waals surface area contributed by atoms with Crippen molar-refractivity contribution in [3.05, 3.63) is 62.6 Å². The van der Waals surface area contributed by atoms with E-state index in [1.165, 1.54) is 12.1 Å². The first-order chi connectivity index (χ1) is 9.47. The zero-order valence-corrected chi connectivity index (χ0v) is 12.2. The SMILES string of the molecule is C[C@H](O)c1ccc(Oc2cccc([N+](=O)[O-])c2)c(Br)c1. The lowest BCUT2D eigenvalue weighted by Crippen LogP contribution is -1.93. The van der Waals surface area contributed by atoms with E-state index in [1.54, 1.807) is 37.3 Å². The summed E-state index contributed by atoms with van der Waals surface area (Å²) >= 11 is 3.35. The third-order valence-corrected chi connectivity index (χ3v) is 3.31. The maximum Gasteiger partial charge on any atom is 0.273 e. The van der Waals surface area contributed by atoms with Crippen LogP contribution in [0.3, 0.4) is 0 Å². The quantitative estimate of drug-likeness (QED) is 0.670. The molecular formula is C14H12BrNO4. The largest absolute Gasteiger partial charge is 0.456 e. The fourth-order valence-corrected chi connectivity index (χ4v) is 2.12. The van der Waals surface area contributed by atoms with E-state index in [-0.39, 0.29) is 5.69 Å². The Labute approximate surface area is 124 Å². The second-order valence-electron chi connectivity index (χ2n) is 4.22. The molecule has 0 spiro atoms. The molecular weight excluding hydrogens is 326 g/mol. The van der Waals surface area contributed by atoms with Gasteiger partial charge in [-0.05, 0) is 46.6 Å². The molecule has 1 N–H and O–H groups in total. The minimum absolute atomic E-state index is 0.0285. The Morgan fingerprint density at radius 1 is 1.30 bits per heavy atom. The molecule has 2 aromatic carbocycles. The van der Waals surface area contributed by atoms with Crippen LogP contribution >= 0.6 is 15.9 Å². The predicted octanol–water partition coefficient (Wildman–Crippen LogP) is 4.20. The molecule has 0 aliphatic heterocycles. The monoisotopic (exact) mass is 337 g/mol. The number of rotatable bonds is 4. The van der Waals surface area contributed by atoms with Gasteiger partial charge in [0.15, 0.2) is 0 Å². The summed E-state index contributed by atoms with van der Waals surface area (Å²) in [5.74, 6) is 0.902. The van der Waals surface area contributed by atoms with Gasteiger partial charge in [0.25, 0.3) is 5.69 Å². The van der Waals surface area contributed by atoms with Gasteiger partial charge >= 0.3 is 0 Å². The van der Waals surface area contributed by atoms with E-state index in [0.29, 0.717) is 16.0 Å². The number of aliphatic hydroxyl groups is 1. The van der Waals surface area contributed by atoms with E-state index >= 15 is 0 Å². The number of hydrogen-bond acceptors (Lipinski definition) is 4. The average molecular weight is 338 g/mol. The van der Waals surface area contributed by atoms with Crippen molar-refractivity contribution < 1.29 is 14.8 Å². The van der Waals surface area contributed by atoms with Crippen LogP contribution in [-0.4, -0.2) is 10.0 Å². The summed E-state index contributed by atoms with van der Waals surface area (Å²) in [6.45, 7) is 1.67. The van der Waals surface area contributed by atoms with Crippen LogP contribution in [0.4, 0.5) is 5.69 Å². The van der Waals surface area contributed by atoms with E-state index in [4.69, 9.17) is 4.74 Å². The lowest BCUT2D eigenvalue weighted by Gasteiger charge is -2.10. The van der Waals surface area contributed by atoms with Crippen LogP contribution in [0.15, 0.2) is 46.9 Å². The minimum Gasteiger partial charge on any atom is -0.456 e. The number of ether oxygens (including phenoxy) is 1. The molecule has 0 unspecified atom stereocenters. The number of benzene rings is 2. The molecule has 2 aromatic rings. The fraction of sp³-hybridized carbons (Fsp3) is 0.143. The Hall–Kier alpha value is -1.92. The predicted molar refractivity (Wildman–Crippen MR) is 77.9 cm³/mol. The molecule has 0 heterocycles. The molecule has 0 aliphatic carbocycles. The van der Waals surface area contributed by atoms with Gasteiger partial charge in [-0.3, -0.25) is 10.1 Å². The summed E-state index contributed by atoms with van der Waals surface area (Å²) in [6, 6.07) is 11.1. The first-order valence-electron chi connectivity index (χ1n) is 5.87. The average Bonchev–Trinajstić information content (AvgIpc) is 2.41. The van der Waals surface area contributed by atoms with Crippen molar-refractivity contribution in [3.63, 3.8) is 0 Å². The van der Waals surface area contributed by atoms with Crippen LogP contribution in [0.5, 0.6) is 11.5 Å². The maximum absolute atomic E-state index is 10.7. The number of aliphatic hydroxyl groups excluding tert-OH is 1. The second kappa shape index (κ2) is 6.02. The Balaban J connectivity index is 2.26. The molecule has 104 valence electrons. The van der Waals surface area contributed by atoms with Gasteiger partial charge in [-0.25, -0.2) is 0 Å². The van der Waals surface area contributed by atoms with Gasteiger partial charge in [-0.15, -0.1) is 0 Å². The van der Waals surface area contributed by atoms with E-state index in [9.17, 15) is 15.2 Å². The van der Waals surface area contributed by atoms with Crippen molar-refractivity contribution in [2.75, 3.05) is 0 Å². The number of non-ortho nitro benzene ring substituents is 1. The molecule has 2 rings (SSSR count). The molecule has 6 heteroatoms. The van der Waals surface area contributed by atoms with Gasteiger partial charge in [-0.1, -0.05) is 12.1 Å². The molecule has 0 amide bonds. The first kappa shape index (κ1) is 14.5. The Bertz CT molecular complexity index is 643. The second-order valence-corrected chi connectivity index (χ2v) is 5.08. The van der Waals surface area contributed by atoms with Gasteiger partial charge in [0.1, 0.15) is 11.5 Å². The van der Waals surface area contributed by atoms with Crippen LogP contribution in [0.1, 0.15) is 18.6 Å². The highest BCUT2D eigenvalue weighted by Crippen LogP contribution is 2.33. The molecule has 0 saturated carbocycles. The van der Waals surface area contributed by atoms with Crippen molar-refractivity contribution in [2.24, 2.45) is 0 Å². The zero-order chi connectivity index (χ0) is 14.7. The van der Waals surface area contributed by atoms with E-state index in [0.717, 1.165) is 5.56 Å². The molecule has 0 saturated heterocycles. The molecule has 0 aliphatic rings. The van der Waals surface area contributed by atoms with E-state index in [2.05, 4.69) is 15.9 Å². The first-order valence-corrected chi connectivity index (χ1v) is 6.66. The van der Waals surface area contributed by atoms with Crippen molar-refractivity contribution in [1.82, 2.24) is 0 Å². The van der Waals surface area contributed by atoms with Crippen LogP contribution in [0, 0.1) is 10.1 Å². The molecule has 5 nitrogen and oxygen atoms in total. The highest BCUT2D eigenvalue weighted by Gasteiger charge is 2.10. The summed E-state index contributed by atoms with van der Waals surface area (Å²) in [6.07, 6.45) is -0.571. The summed E-state index contributed by atoms with van der Waals surface area (Å²) in [7, 11) is 0. The lowest BCUT2D eigenvalue weighted by molar-refractivity contribution is -0.384. The summed E-state index contributed by atoms with van der Waals surface area (Å²) in [4.78, 5) is 10.2. The van der Waals surface area contributed by atoms with Crippen LogP contribution < -0.4 is 4.74 Å². The highest BCUT2D eigenvalue weighted by molar-refractivity contribution is 9.10. The number of nitrogens with zero attached hydrogens (tertiary/aromatic N) is 1. The molecule has 1 atom stereocenters. The number of nitro benzene ring substituents is 1. The van der Waals surface area contributed by atoms with Crippen molar-refractivity contribution in [1.29, 1.82) is 0 Å². The molecule has 0 bridgehead atoms. The fourth-order valence-electron chi connectivity index (χ4n) is 1.65. The molecule has 20 heavy (non-hydrogen) atoms. The standard InChI is InChI=1S/C14H12BrNO4/c1-9(17)10-5-6-14(13(15)7-10)20-12-4-2-3-11(8-12)16(18)19/h2-9,17H,1H3/t9-/m0/s1. The Morgan fingerprint density at radius 3 is 2.65 bits per heavy atom. The van der Waals surface area contributed by atoms with Crippen molar-refractivity contribution >= 4 is 21.6 Å². The van der Waals surface area contributed by atoms with Gasteiger partial charge in [0, 0.05) is 6.07 Å². The summed E-state index contributed by atoms with van der Waals surface area (Å²) in [5.41, 5.74) is 0.725. The third-order valence-electron chi connectivity index (χ3n) is 2.69. The summed E-state index contributed by atoms with van der Waals surface area (Å²) < 4.78 is 6.27. The normalized spacial score (nSPS) is 11.9. The number of hydrogen-bond donors (Lipinski definition) is 1. The maximum atomic E-state index is 10.7. The lowest BCUT2D eigenvalue weighted by atomic mass is 10.1. The van der Waals surface area contributed by atoms with Crippen molar-refractivity contribution in [2.45, 2.75) is 13.0 Å². The number of nitro groups is 1. The van der Waals surface area contributed by atoms with Crippen LogP contribution in [-0.2, 0) is 0 Å². The van der Waals surface area contributed by atoms with Crippen LogP contribution in [0.2, 0.25) is 0 Å². The Kier molecular flexibility index (Phi) is 4.36. The molecule has 0 aromatic heterocycles. The smallest absolute Gasteiger partial charge is 0.273 e. The number of halogens is 1. The van der Waals surface area contributed by atoms with E-state index in [1.807, 2.05) is 0 Å². The van der Waals surface area contributed by atoms with Gasteiger partial charge in [0.2, 0.25) is 0 Å². The summed E-state index contributed by atoms with van der Waals surface area (Å²) in [5, 5.41) is 20.2. The Morgan fingerprint density at radius 2 is 2.05 bits per heavy atom. The van der Waals surface area contributed by atoms with E-state index < -0.39 is 11.0 Å². The third kappa shape index (κ3) is 3.34. The van der Waals surface area contributed by atoms with Gasteiger partial charge in [0.05, 0.1) is 21.6 Å². The topological polar surface area (TPSA) is 72.6 Å². The van der Waals surface area contributed by atoms with Crippen LogP contribution in [0.25, 0.3) is 0 Å². The van der Waals surface area contributed by atoms with Gasteiger partial charge < -0.3 is 9.84 Å². The highest BCUT2D eigenvalue weighted by atomic mass is 79.9.